The molecule has 1 saturated heterocycles. The van der Waals surface area contributed by atoms with Crippen LogP contribution < -0.4 is 0 Å². The van der Waals surface area contributed by atoms with Gasteiger partial charge in [0.2, 0.25) is 0 Å². The maximum absolute atomic E-state index is 11.3. The van der Waals surface area contributed by atoms with Crippen molar-refractivity contribution in [2.24, 2.45) is 0 Å². The molecule has 1 aliphatic heterocycles. The molecule has 0 radical (unpaired) electrons. The van der Waals surface area contributed by atoms with Crippen molar-refractivity contribution in [2.75, 3.05) is 11.5 Å². The molecule has 1 aliphatic rings. The summed E-state index contributed by atoms with van der Waals surface area (Å²) >= 11 is 6.48. The summed E-state index contributed by atoms with van der Waals surface area (Å²) in [6.07, 6.45) is 0.707. The quantitative estimate of drug-likeness (QED) is 0.658. The predicted molar refractivity (Wildman–Crippen MR) is 67.1 cm³/mol. The second kappa shape index (κ2) is 4.46. The third-order valence-electron chi connectivity index (χ3n) is 2.33. The highest BCUT2D eigenvalue weighted by molar-refractivity contribution is 8.01. The fourth-order valence-corrected chi connectivity index (χ4v) is 5.51. The molecule has 1 aromatic rings. The molecule has 4 nitrogen and oxygen atoms in total. The van der Waals surface area contributed by atoms with Crippen molar-refractivity contribution in [3.8, 4) is 0 Å². The normalized spacial score (nSPS) is 23.4. The first-order chi connectivity index (χ1) is 7.44. The summed E-state index contributed by atoms with van der Waals surface area (Å²) in [6, 6.07) is 1.89. The lowest BCUT2D eigenvalue weighted by atomic mass is 10.4. The number of nitrogens with one attached hydrogen (secondary N) is 1. The highest BCUT2D eigenvalue weighted by atomic mass is 32.2. The monoisotopic (exact) mass is 276 g/mol. The first-order valence-corrected chi connectivity index (χ1v) is 8.00. The Bertz CT molecular complexity index is 550. The van der Waals surface area contributed by atoms with Crippen LogP contribution in [0.5, 0.6) is 0 Å². The van der Waals surface area contributed by atoms with Gasteiger partial charge in [-0.3, -0.25) is 0 Å². The van der Waals surface area contributed by atoms with Crippen molar-refractivity contribution in [1.29, 1.82) is 0 Å². The molecule has 16 heavy (non-hydrogen) atoms. The summed E-state index contributed by atoms with van der Waals surface area (Å²) in [4.78, 5) is 7.10. The number of rotatable bonds is 2. The summed E-state index contributed by atoms with van der Waals surface area (Å²) in [7, 11) is -2.82. The Labute approximate surface area is 104 Å². The SMILES string of the molecule is Cc1cc(S[C@@H]2CCS(=O)(=O)C2)nc(=S)[nH]1. The lowest BCUT2D eigenvalue weighted by molar-refractivity contribution is 0.602. The Kier molecular flexibility index (Phi) is 3.37. The van der Waals surface area contributed by atoms with Crippen molar-refractivity contribution in [3.63, 3.8) is 0 Å². The zero-order chi connectivity index (χ0) is 11.8. The molecule has 1 aromatic heterocycles. The van der Waals surface area contributed by atoms with Gasteiger partial charge in [-0.2, -0.15) is 0 Å². The summed E-state index contributed by atoms with van der Waals surface area (Å²) in [5.41, 5.74) is 0.948. The van der Waals surface area contributed by atoms with Gasteiger partial charge in [0.15, 0.2) is 14.6 Å². The summed E-state index contributed by atoms with van der Waals surface area (Å²) in [5.74, 6) is 0.549. The number of aromatic amines is 1. The Hall–Kier alpha value is -0.400. The van der Waals surface area contributed by atoms with Crippen LogP contribution in [0.15, 0.2) is 11.1 Å². The van der Waals surface area contributed by atoms with E-state index in [-0.39, 0.29) is 11.0 Å². The van der Waals surface area contributed by atoms with Crippen LogP contribution in [0.1, 0.15) is 12.1 Å². The molecule has 0 bridgehead atoms. The Balaban J connectivity index is 2.13. The van der Waals surface area contributed by atoms with Crippen LogP contribution >= 0.6 is 24.0 Å². The van der Waals surface area contributed by atoms with E-state index < -0.39 is 9.84 Å². The third kappa shape index (κ3) is 3.05. The van der Waals surface area contributed by atoms with Crippen LogP contribution in [-0.2, 0) is 9.84 Å². The second-order valence-electron chi connectivity index (χ2n) is 3.85. The number of hydrogen-bond donors (Lipinski definition) is 1. The van der Waals surface area contributed by atoms with Gasteiger partial charge in [0.05, 0.1) is 11.5 Å². The second-order valence-corrected chi connectivity index (χ2v) is 7.79. The smallest absolute Gasteiger partial charge is 0.198 e. The van der Waals surface area contributed by atoms with E-state index in [9.17, 15) is 8.42 Å². The Morgan fingerprint density at radius 3 is 2.94 bits per heavy atom. The zero-order valence-corrected chi connectivity index (χ0v) is 11.2. The van der Waals surface area contributed by atoms with E-state index in [0.29, 0.717) is 16.9 Å². The molecule has 0 aromatic carbocycles. The molecule has 1 atom stereocenters. The molecular weight excluding hydrogens is 264 g/mol. The van der Waals surface area contributed by atoms with Gasteiger partial charge in [0.1, 0.15) is 5.03 Å². The number of sulfone groups is 1. The van der Waals surface area contributed by atoms with Gasteiger partial charge >= 0.3 is 0 Å². The highest BCUT2D eigenvalue weighted by Gasteiger charge is 2.28. The topological polar surface area (TPSA) is 62.8 Å². The van der Waals surface area contributed by atoms with E-state index in [1.807, 2.05) is 13.0 Å². The average Bonchev–Trinajstić information content (AvgIpc) is 2.43. The van der Waals surface area contributed by atoms with E-state index >= 15 is 0 Å². The van der Waals surface area contributed by atoms with Crippen molar-refractivity contribution in [3.05, 3.63) is 16.5 Å². The first kappa shape index (κ1) is 12.1. The molecule has 1 N–H and O–H groups in total. The fraction of sp³-hybridized carbons (Fsp3) is 0.556. The molecular formula is C9H12N2O2S3. The highest BCUT2D eigenvalue weighted by Crippen LogP contribution is 2.29. The molecule has 0 spiro atoms. The minimum Gasteiger partial charge on any atom is -0.335 e. The van der Waals surface area contributed by atoms with Crippen LogP contribution in [0, 0.1) is 11.7 Å². The van der Waals surface area contributed by atoms with Crippen molar-refractivity contribution < 1.29 is 8.42 Å². The standard InChI is InChI=1S/C9H12N2O2S3/c1-6-4-8(11-9(14)10-6)15-7-2-3-16(12,13)5-7/h4,7H,2-3,5H2,1H3,(H,10,11,14)/t7-/m1/s1. The molecule has 0 unspecified atom stereocenters. The van der Waals surface area contributed by atoms with Crippen molar-refractivity contribution >= 4 is 33.8 Å². The van der Waals surface area contributed by atoms with Crippen LogP contribution in [-0.4, -0.2) is 35.1 Å². The molecule has 88 valence electrons. The predicted octanol–water partition coefficient (Wildman–Crippen LogP) is 1.73. The van der Waals surface area contributed by atoms with Crippen LogP contribution in [0.4, 0.5) is 0 Å². The average molecular weight is 276 g/mol. The minimum absolute atomic E-state index is 0.119. The minimum atomic E-state index is -2.82. The van der Waals surface area contributed by atoms with E-state index in [1.165, 1.54) is 11.8 Å². The maximum atomic E-state index is 11.3. The number of nitrogens with zero attached hydrogens (tertiary/aromatic N) is 1. The lowest BCUT2D eigenvalue weighted by Gasteiger charge is -2.06. The molecule has 2 rings (SSSR count). The number of aryl methyl sites for hydroxylation is 1. The summed E-state index contributed by atoms with van der Waals surface area (Å²) in [5, 5.41) is 0.928. The molecule has 0 saturated carbocycles. The van der Waals surface area contributed by atoms with E-state index in [2.05, 4.69) is 9.97 Å². The first-order valence-electron chi connectivity index (χ1n) is 4.90. The Morgan fingerprint density at radius 1 is 1.62 bits per heavy atom. The maximum Gasteiger partial charge on any atom is 0.198 e. The summed E-state index contributed by atoms with van der Waals surface area (Å²) < 4.78 is 23.1. The van der Waals surface area contributed by atoms with Gasteiger partial charge in [-0.15, -0.1) is 11.8 Å². The largest absolute Gasteiger partial charge is 0.335 e. The molecule has 7 heteroatoms. The van der Waals surface area contributed by atoms with Gasteiger partial charge in [0.25, 0.3) is 0 Å². The zero-order valence-electron chi connectivity index (χ0n) is 8.76. The van der Waals surface area contributed by atoms with Crippen molar-refractivity contribution in [1.82, 2.24) is 9.97 Å². The van der Waals surface area contributed by atoms with Crippen LogP contribution in [0.25, 0.3) is 0 Å². The van der Waals surface area contributed by atoms with Gasteiger partial charge < -0.3 is 4.98 Å². The number of H-pyrrole nitrogens is 1. The van der Waals surface area contributed by atoms with E-state index in [4.69, 9.17) is 12.2 Å². The lowest BCUT2D eigenvalue weighted by Crippen LogP contribution is -2.06. The van der Waals surface area contributed by atoms with Crippen LogP contribution in [0.3, 0.4) is 0 Å². The Morgan fingerprint density at radius 2 is 2.38 bits per heavy atom. The van der Waals surface area contributed by atoms with E-state index in [1.54, 1.807) is 0 Å². The molecule has 0 amide bonds. The molecule has 2 heterocycles. The van der Waals surface area contributed by atoms with Gasteiger partial charge in [0, 0.05) is 10.9 Å². The molecule has 1 fully saturated rings. The number of hydrogen-bond acceptors (Lipinski definition) is 5. The van der Waals surface area contributed by atoms with Crippen LogP contribution in [0.2, 0.25) is 0 Å². The van der Waals surface area contributed by atoms with Gasteiger partial charge in [-0.1, -0.05) is 0 Å². The summed E-state index contributed by atoms with van der Waals surface area (Å²) in [6.45, 7) is 1.91. The van der Waals surface area contributed by atoms with Gasteiger partial charge in [-0.25, -0.2) is 13.4 Å². The fourth-order valence-electron chi connectivity index (χ4n) is 1.64. The number of aromatic nitrogens is 2. The van der Waals surface area contributed by atoms with E-state index in [0.717, 1.165) is 10.7 Å². The van der Waals surface area contributed by atoms with Gasteiger partial charge in [-0.05, 0) is 31.6 Å². The third-order valence-corrected chi connectivity index (χ3v) is 5.69. The molecule has 0 aliphatic carbocycles. The number of thioether (sulfide) groups is 1. The van der Waals surface area contributed by atoms with Crippen molar-refractivity contribution in [2.45, 2.75) is 23.6 Å².